The van der Waals surface area contributed by atoms with Crippen LogP contribution in [0.1, 0.15) is 30.1 Å². The van der Waals surface area contributed by atoms with E-state index in [1.54, 1.807) is 7.05 Å². The molecule has 0 atom stereocenters. The molecule has 0 aromatic carbocycles. The Hall–Kier alpha value is -2.17. The molecule has 2 N–H and O–H groups in total. The van der Waals surface area contributed by atoms with Gasteiger partial charge in [0.25, 0.3) is 0 Å². The van der Waals surface area contributed by atoms with E-state index in [-0.39, 0.29) is 5.56 Å². The molecule has 1 saturated carbocycles. The van der Waals surface area contributed by atoms with E-state index in [0.717, 1.165) is 5.57 Å². The Morgan fingerprint density at radius 3 is 2.95 bits per heavy atom. The second-order valence-electron chi connectivity index (χ2n) is 4.95. The fourth-order valence-electron chi connectivity index (χ4n) is 2.13. The Labute approximate surface area is 118 Å². The lowest BCUT2D eigenvalue weighted by Gasteiger charge is -2.11. The zero-order valence-corrected chi connectivity index (χ0v) is 11.8. The van der Waals surface area contributed by atoms with Crippen molar-refractivity contribution < 1.29 is 9.90 Å². The lowest BCUT2D eigenvalue weighted by Crippen LogP contribution is -2.12. The van der Waals surface area contributed by atoms with Crippen LogP contribution in [0.4, 0.5) is 5.69 Å². The van der Waals surface area contributed by atoms with Crippen LogP contribution >= 0.6 is 0 Å². The highest BCUT2D eigenvalue weighted by atomic mass is 16.4. The Kier molecular flexibility index (Phi) is 4.50. The number of allylic oxidation sites excluding steroid dienone is 1. The van der Waals surface area contributed by atoms with Gasteiger partial charge in [-0.1, -0.05) is 5.57 Å². The van der Waals surface area contributed by atoms with Crippen LogP contribution in [-0.4, -0.2) is 35.9 Å². The minimum atomic E-state index is -0.955. The van der Waals surface area contributed by atoms with Gasteiger partial charge in [-0.2, -0.15) is 0 Å². The Morgan fingerprint density at radius 2 is 2.35 bits per heavy atom. The normalized spacial score (nSPS) is 16.1. The van der Waals surface area contributed by atoms with E-state index in [0.29, 0.717) is 18.2 Å². The Balaban J connectivity index is 2.14. The van der Waals surface area contributed by atoms with Crippen LogP contribution in [0.25, 0.3) is 0 Å². The van der Waals surface area contributed by atoms with Crippen molar-refractivity contribution in [2.45, 2.75) is 19.8 Å². The van der Waals surface area contributed by atoms with E-state index in [1.165, 1.54) is 36.9 Å². The Morgan fingerprint density at radius 1 is 1.60 bits per heavy atom. The lowest BCUT2D eigenvalue weighted by atomic mass is 10.1. The van der Waals surface area contributed by atoms with Crippen LogP contribution in [0.2, 0.25) is 0 Å². The van der Waals surface area contributed by atoms with Crippen molar-refractivity contribution >= 4 is 17.9 Å². The van der Waals surface area contributed by atoms with Crippen molar-refractivity contribution in [3.05, 3.63) is 35.2 Å². The minimum absolute atomic E-state index is 0.233. The van der Waals surface area contributed by atoms with Crippen molar-refractivity contribution in [1.29, 1.82) is 0 Å². The molecule has 0 bridgehead atoms. The largest absolute Gasteiger partial charge is 0.478 e. The summed E-state index contributed by atoms with van der Waals surface area (Å²) in [4.78, 5) is 19.2. The molecular weight excluding hydrogens is 254 g/mol. The van der Waals surface area contributed by atoms with Crippen LogP contribution in [0, 0.1) is 5.92 Å². The van der Waals surface area contributed by atoms with Crippen molar-refractivity contribution in [2.24, 2.45) is 10.9 Å². The number of nitrogens with zero attached hydrogens (tertiary/aromatic N) is 2. The zero-order valence-electron chi connectivity index (χ0n) is 11.8. The molecule has 0 radical (unpaired) electrons. The maximum atomic E-state index is 11.1. The summed E-state index contributed by atoms with van der Waals surface area (Å²) in [5.74, 6) is -0.291. The molecule has 5 heteroatoms. The van der Waals surface area contributed by atoms with Crippen molar-refractivity contribution in [3.63, 3.8) is 0 Å². The van der Waals surface area contributed by atoms with Gasteiger partial charge in [0.1, 0.15) is 0 Å². The predicted molar refractivity (Wildman–Crippen MR) is 79.5 cm³/mol. The summed E-state index contributed by atoms with van der Waals surface area (Å²) < 4.78 is 0. The molecule has 1 aromatic heterocycles. The fraction of sp³-hybridized carbons (Fsp3) is 0.400. The molecule has 0 aliphatic heterocycles. The summed E-state index contributed by atoms with van der Waals surface area (Å²) >= 11 is 0. The van der Waals surface area contributed by atoms with Gasteiger partial charge in [-0.15, -0.1) is 0 Å². The second-order valence-corrected chi connectivity index (χ2v) is 4.95. The quantitative estimate of drug-likeness (QED) is 0.781. The van der Waals surface area contributed by atoms with Gasteiger partial charge in [0.15, 0.2) is 0 Å². The number of aliphatic imine (C=N–C) groups is 1. The molecular formula is C15H19N3O2. The van der Waals surface area contributed by atoms with Crippen LogP contribution in [0.5, 0.6) is 0 Å². The van der Waals surface area contributed by atoms with Gasteiger partial charge in [0.2, 0.25) is 0 Å². The maximum Gasteiger partial charge on any atom is 0.337 e. The van der Waals surface area contributed by atoms with Gasteiger partial charge in [0.05, 0.1) is 17.4 Å². The average Bonchev–Trinajstić information content (AvgIpc) is 3.27. The molecule has 1 aromatic rings. The first-order valence-corrected chi connectivity index (χ1v) is 6.66. The number of hydrogen-bond donors (Lipinski definition) is 2. The third kappa shape index (κ3) is 3.44. The van der Waals surface area contributed by atoms with E-state index in [4.69, 9.17) is 5.11 Å². The van der Waals surface area contributed by atoms with E-state index in [2.05, 4.69) is 22.2 Å². The third-order valence-corrected chi connectivity index (χ3v) is 3.50. The highest BCUT2D eigenvalue weighted by Gasteiger charge is 2.25. The number of aromatic carboxylic acids is 1. The van der Waals surface area contributed by atoms with Crippen molar-refractivity contribution in [3.8, 4) is 0 Å². The number of nitrogens with one attached hydrogen (secondary N) is 1. The molecule has 0 saturated heterocycles. The minimum Gasteiger partial charge on any atom is -0.478 e. The standard InChI is InChI=1S/C15H19N3O2/c1-10(11-3-4-11)12(7-16-2)8-18-14-9-17-6-5-13(14)15(19)20/h5-7,9,11,18H,3-4,8H2,1-2H3,(H,19,20)/b12-10-,16-7?. The first-order valence-electron chi connectivity index (χ1n) is 6.66. The number of aromatic nitrogens is 1. The first-order chi connectivity index (χ1) is 9.63. The summed E-state index contributed by atoms with van der Waals surface area (Å²) in [6.45, 7) is 2.68. The molecule has 1 aliphatic carbocycles. The van der Waals surface area contributed by atoms with Gasteiger partial charge in [0, 0.05) is 26.0 Å². The maximum absolute atomic E-state index is 11.1. The molecule has 5 nitrogen and oxygen atoms in total. The summed E-state index contributed by atoms with van der Waals surface area (Å²) in [6, 6.07) is 1.50. The monoisotopic (exact) mass is 273 g/mol. The zero-order chi connectivity index (χ0) is 14.5. The van der Waals surface area contributed by atoms with E-state index < -0.39 is 5.97 Å². The van der Waals surface area contributed by atoms with Crippen LogP contribution in [0.15, 0.2) is 34.6 Å². The van der Waals surface area contributed by atoms with E-state index >= 15 is 0 Å². The van der Waals surface area contributed by atoms with Crippen LogP contribution in [-0.2, 0) is 0 Å². The van der Waals surface area contributed by atoms with Gasteiger partial charge in [-0.25, -0.2) is 4.79 Å². The SMILES string of the molecule is CN=C/C(CNc1cnccc1C(=O)O)=C(\C)C1CC1. The predicted octanol–water partition coefficient (Wildman–Crippen LogP) is 2.62. The summed E-state index contributed by atoms with van der Waals surface area (Å²) in [7, 11) is 1.74. The van der Waals surface area contributed by atoms with E-state index in [1.807, 2.05) is 6.21 Å². The molecule has 106 valence electrons. The highest BCUT2D eigenvalue weighted by molar-refractivity contribution is 5.94. The smallest absolute Gasteiger partial charge is 0.337 e. The molecule has 0 amide bonds. The van der Waals surface area contributed by atoms with Crippen LogP contribution < -0.4 is 5.32 Å². The molecule has 0 spiro atoms. The number of anilines is 1. The van der Waals surface area contributed by atoms with Gasteiger partial charge >= 0.3 is 5.97 Å². The molecule has 0 unspecified atom stereocenters. The highest BCUT2D eigenvalue weighted by Crippen LogP contribution is 2.37. The average molecular weight is 273 g/mol. The molecule has 2 rings (SSSR count). The van der Waals surface area contributed by atoms with Gasteiger partial charge in [-0.05, 0) is 37.3 Å². The van der Waals surface area contributed by atoms with E-state index in [9.17, 15) is 4.79 Å². The third-order valence-electron chi connectivity index (χ3n) is 3.50. The molecule has 20 heavy (non-hydrogen) atoms. The fourth-order valence-corrected chi connectivity index (χ4v) is 2.13. The number of pyridine rings is 1. The second kappa shape index (κ2) is 6.32. The van der Waals surface area contributed by atoms with Crippen molar-refractivity contribution in [1.82, 2.24) is 4.98 Å². The number of carboxylic acid groups (broad SMARTS) is 1. The van der Waals surface area contributed by atoms with Gasteiger partial charge < -0.3 is 10.4 Å². The number of carbonyl (C=O) groups is 1. The summed E-state index contributed by atoms with van der Waals surface area (Å²) in [6.07, 6.45) is 7.34. The molecule has 1 fully saturated rings. The van der Waals surface area contributed by atoms with Gasteiger partial charge in [-0.3, -0.25) is 9.98 Å². The van der Waals surface area contributed by atoms with Crippen LogP contribution in [0.3, 0.4) is 0 Å². The molecule has 1 heterocycles. The number of hydrogen-bond acceptors (Lipinski definition) is 4. The number of rotatable bonds is 6. The topological polar surface area (TPSA) is 74.6 Å². The lowest BCUT2D eigenvalue weighted by molar-refractivity contribution is 0.0698. The Bertz CT molecular complexity index is 560. The van der Waals surface area contributed by atoms with Crippen molar-refractivity contribution in [2.75, 3.05) is 18.9 Å². The number of carboxylic acids is 1. The first kappa shape index (κ1) is 14.2. The summed E-state index contributed by atoms with van der Waals surface area (Å²) in [5.41, 5.74) is 3.22. The molecule has 1 aliphatic rings. The summed E-state index contributed by atoms with van der Waals surface area (Å²) in [5, 5.41) is 12.3.